The zero-order valence-corrected chi connectivity index (χ0v) is 11.7. The van der Waals surface area contributed by atoms with Crippen LogP contribution in [0.3, 0.4) is 0 Å². The molecule has 0 N–H and O–H groups in total. The molecular weight excluding hydrogens is 270 g/mol. The van der Waals surface area contributed by atoms with Crippen LogP contribution in [-0.4, -0.2) is 41.5 Å². The van der Waals surface area contributed by atoms with Gasteiger partial charge in [-0.2, -0.15) is 4.99 Å². The Hall–Kier alpha value is -2.50. The molecule has 0 radical (unpaired) electrons. The Morgan fingerprint density at radius 3 is 2.86 bits per heavy atom. The van der Waals surface area contributed by atoms with E-state index in [2.05, 4.69) is 9.98 Å². The lowest BCUT2D eigenvalue weighted by Crippen LogP contribution is -2.30. The Kier molecular flexibility index (Phi) is 3.51. The van der Waals surface area contributed by atoms with E-state index in [1.54, 1.807) is 6.92 Å². The fourth-order valence-corrected chi connectivity index (χ4v) is 2.45. The molecule has 6 heteroatoms. The number of carbonyl (C=O) groups excluding carboxylic acids is 2. The second kappa shape index (κ2) is 5.47. The lowest BCUT2D eigenvalue weighted by atomic mass is 10.1. The maximum atomic E-state index is 12.1. The van der Waals surface area contributed by atoms with E-state index in [4.69, 9.17) is 4.74 Å². The van der Waals surface area contributed by atoms with Crippen molar-refractivity contribution in [3.05, 3.63) is 35.9 Å². The molecule has 3 rings (SSSR count). The number of ether oxygens (including phenoxy) is 1. The maximum Gasteiger partial charge on any atom is 0.410 e. The third-order valence-electron chi connectivity index (χ3n) is 3.50. The number of likely N-dealkylation sites (tertiary alicyclic amines) is 1. The number of hydrogen-bond acceptors (Lipinski definition) is 4. The summed E-state index contributed by atoms with van der Waals surface area (Å²) in [7, 11) is 0. The molecular formula is C15H15N3O3. The first-order chi connectivity index (χ1) is 10.1. The molecule has 2 amide bonds. The van der Waals surface area contributed by atoms with Gasteiger partial charge in [-0.25, -0.2) is 9.79 Å². The Bertz CT molecular complexity index is 637. The number of amidine groups is 1. The van der Waals surface area contributed by atoms with Gasteiger partial charge < -0.3 is 9.64 Å². The highest BCUT2D eigenvalue weighted by atomic mass is 16.6. The van der Waals surface area contributed by atoms with E-state index >= 15 is 0 Å². The van der Waals surface area contributed by atoms with E-state index in [9.17, 15) is 9.59 Å². The van der Waals surface area contributed by atoms with Gasteiger partial charge in [-0.1, -0.05) is 30.3 Å². The standard InChI is InChI=1S/C15H15N3O3/c1-10-16-13-8-18(7-12(13)14(19)17-10)15(20)21-9-11-5-3-2-4-6-11/h2-6,12H,7-9H2,1H3. The molecule has 2 aliphatic heterocycles. The highest BCUT2D eigenvalue weighted by Crippen LogP contribution is 2.20. The van der Waals surface area contributed by atoms with Gasteiger partial charge in [0.1, 0.15) is 12.4 Å². The van der Waals surface area contributed by atoms with Crippen molar-refractivity contribution in [2.24, 2.45) is 15.9 Å². The smallest absolute Gasteiger partial charge is 0.410 e. The van der Waals surface area contributed by atoms with Crippen molar-refractivity contribution in [1.82, 2.24) is 4.90 Å². The van der Waals surface area contributed by atoms with Crippen molar-refractivity contribution in [3.63, 3.8) is 0 Å². The first-order valence-corrected chi connectivity index (χ1v) is 6.75. The van der Waals surface area contributed by atoms with E-state index < -0.39 is 12.0 Å². The van der Waals surface area contributed by atoms with Crippen LogP contribution in [0.25, 0.3) is 0 Å². The summed E-state index contributed by atoms with van der Waals surface area (Å²) in [6, 6.07) is 9.47. The Balaban J connectivity index is 1.61. The van der Waals surface area contributed by atoms with Gasteiger partial charge in [-0.05, 0) is 12.5 Å². The van der Waals surface area contributed by atoms with Gasteiger partial charge >= 0.3 is 6.09 Å². The molecule has 2 heterocycles. The molecule has 0 spiro atoms. The first kappa shape index (κ1) is 13.5. The molecule has 1 aromatic rings. The van der Waals surface area contributed by atoms with Gasteiger partial charge in [0.2, 0.25) is 0 Å². The van der Waals surface area contributed by atoms with Gasteiger partial charge in [0.25, 0.3) is 5.91 Å². The Morgan fingerprint density at radius 2 is 2.10 bits per heavy atom. The van der Waals surface area contributed by atoms with E-state index in [1.807, 2.05) is 30.3 Å². The molecule has 0 saturated carbocycles. The molecule has 21 heavy (non-hydrogen) atoms. The van der Waals surface area contributed by atoms with E-state index in [0.717, 1.165) is 5.56 Å². The SMILES string of the molecule is CC1=NC(=O)C2CN(C(=O)OCc3ccccc3)CC2=N1. The molecule has 0 bridgehead atoms. The van der Waals surface area contributed by atoms with Crippen molar-refractivity contribution in [2.75, 3.05) is 13.1 Å². The van der Waals surface area contributed by atoms with E-state index in [0.29, 0.717) is 24.6 Å². The topological polar surface area (TPSA) is 71.3 Å². The summed E-state index contributed by atoms with van der Waals surface area (Å²) in [6.07, 6.45) is -0.429. The number of rotatable bonds is 2. The number of carbonyl (C=O) groups is 2. The van der Waals surface area contributed by atoms with Crippen LogP contribution in [0.5, 0.6) is 0 Å². The molecule has 2 aliphatic rings. The third-order valence-corrected chi connectivity index (χ3v) is 3.50. The van der Waals surface area contributed by atoms with Gasteiger partial charge in [0, 0.05) is 6.54 Å². The fraction of sp³-hybridized carbons (Fsp3) is 0.333. The number of aliphatic imine (C=N–C) groups is 2. The zero-order valence-electron chi connectivity index (χ0n) is 11.7. The maximum absolute atomic E-state index is 12.1. The Labute approximate surface area is 122 Å². The van der Waals surface area contributed by atoms with Crippen molar-refractivity contribution in [2.45, 2.75) is 13.5 Å². The van der Waals surface area contributed by atoms with Gasteiger partial charge in [-0.15, -0.1) is 0 Å². The van der Waals surface area contributed by atoms with Crippen LogP contribution in [-0.2, 0) is 16.1 Å². The second-order valence-corrected chi connectivity index (χ2v) is 5.07. The summed E-state index contributed by atoms with van der Waals surface area (Å²) >= 11 is 0. The number of benzene rings is 1. The van der Waals surface area contributed by atoms with Crippen LogP contribution < -0.4 is 0 Å². The average Bonchev–Trinajstić information content (AvgIpc) is 2.90. The van der Waals surface area contributed by atoms with Crippen LogP contribution in [0, 0.1) is 5.92 Å². The van der Waals surface area contributed by atoms with E-state index in [1.165, 1.54) is 4.90 Å². The molecule has 0 aliphatic carbocycles. The first-order valence-electron chi connectivity index (χ1n) is 6.75. The molecule has 6 nitrogen and oxygen atoms in total. The molecule has 1 fully saturated rings. The number of nitrogens with zero attached hydrogens (tertiary/aromatic N) is 3. The number of hydrogen-bond donors (Lipinski definition) is 0. The molecule has 0 aromatic heterocycles. The van der Waals surface area contributed by atoms with Crippen LogP contribution in [0.1, 0.15) is 12.5 Å². The molecule has 1 saturated heterocycles. The molecule has 1 aromatic carbocycles. The zero-order chi connectivity index (χ0) is 14.8. The number of amides is 2. The van der Waals surface area contributed by atoms with Gasteiger partial charge in [-0.3, -0.25) is 4.79 Å². The molecule has 108 valence electrons. The monoisotopic (exact) mass is 285 g/mol. The lowest BCUT2D eigenvalue weighted by molar-refractivity contribution is -0.119. The third kappa shape index (κ3) is 2.84. The summed E-state index contributed by atoms with van der Waals surface area (Å²) in [5, 5.41) is 0. The van der Waals surface area contributed by atoms with Gasteiger partial charge in [0.15, 0.2) is 0 Å². The highest BCUT2D eigenvalue weighted by molar-refractivity contribution is 6.17. The lowest BCUT2D eigenvalue weighted by Gasteiger charge is -2.15. The average molecular weight is 285 g/mol. The van der Waals surface area contributed by atoms with Crippen molar-refractivity contribution in [1.29, 1.82) is 0 Å². The predicted octanol–water partition coefficient (Wildman–Crippen LogP) is 1.65. The van der Waals surface area contributed by atoms with Crippen molar-refractivity contribution < 1.29 is 14.3 Å². The van der Waals surface area contributed by atoms with E-state index in [-0.39, 0.29) is 12.5 Å². The quantitative estimate of drug-likeness (QED) is 0.829. The summed E-state index contributed by atoms with van der Waals surface area (Å²) in [5.74, 6) is -0.181. The summed E-state index contributed by atoms with van der Waals surface area (Å²) in [5.41, 5.74) is 1.62. The second-order valence-electron chi connectivity index (χ2n) is 5.07. The predicted molar refractivity (Wildman–Crippen MR) is 77.2 cm³/mol. The van der Waals surface area contributed by atoms with Crippen LogP contribution in [0.15, 0.2) is 40.3 Å². The molecule has 1 atom stereocenters. The minimum Gasteiger partial charge on any atom is -0.445 e. The fourth-order valence-electron chi connectivity index (χ4n) is 2.45. The minimum absolute atomic E-state index is 0.219. The van der Waals surface area contributed by atoms with Crippen LogP contribution in [0.4, 0.5) is 4.79 Å². The normalized spacial score (nSPS) is 20.7. The van der Waals surface area contributed by atoms with Crippen LogP contribution >= 0.6 is 0 Å². The highest BCUT2D eigenvalue weighted by Gasteiger charge is 2.39. The van der Waals surface area contributed by atoms with Gasteiger partial charge in [0.05, 0.1) is 18.2 Å². The summed E-state index contributed by atoms with van der Waals surface area (Å²) in [6.45, 7) is 2.52. The Morgan fingerprint density at radius 1 is 1.33 bits per heavy atom. The van der Waals surface area contributed by atoms with Crippen molar-refractivity contribution >= 4 is 23.5 Å². The summed E-state index contributed by atoms with van der Waals surface area (Å²) < 4.78 is 5.26. The number of fused-ring (bicyclic) bond motifs is 1. The molecule has 1 unspecified atom stereocenters. The van der Waals surface area contributed by atoms with Crippen LogP contribution in [0.2, 0.25) is 0 Å². The van der Waals surface area contributed by atoms with Crippen molar-refractivity contribution in [3.8, 4) is 0 Å². The summed E-state index contributed by atoms with van der Waals surface area (Å²) in [4.78, 5) is 33.4. The minimum atomic E-state index is -0.429. The largest absolute Gasteiger partial charge is 0.445 e.